The number of anilines is 1. The number of nitrogens with two attached hydrogens (primary N) is 1. The van der Waals surface area contributed by atoms with Crippen LogP contribution in [0.2, 0.25) is 4.34 Å². The number of hydrogen-bond acceptors (Lipinski definition) is 13. The Morgan fingerprint density at radius 3 is 2.53 bits per heavy atom. The number of amides is 2. The third kappa shape index (κ3) is 7.61. The van der Waals surface area contributed by atoms with Crippen molar-refractivity contribution in [3.63, 3.8) is 0 Å². The Morgan fingerprint density at radius 2 is 1.92 bits per heavy atom. The number of Topliss-reactive ketones (excluding diaryl/α,β-unsaturated/α-hetero) is 1. The monoisotopic (exact) mass is 737 g/mol. The SMILES string of the molecule is C[C@H](O/N=C(\C(=O)CC1C(=O)N2C(C(=O)O)=C(C[N+]3(CCNC(=O)c4ccc(O)c(O)c4)CCCC3)CSC12)c1nc(N)sc1Cl)C(=O)O. The van der Waals surface area contributed by atoms with Crippen LogP contribution in [0, 0.1) is 5.92 Å². The lowest BCUT2D eigenvalue weighted by Crippen LogP contribution is -2.63. The zero-order valence-electron chi connectivity index (χ0n) is 26.1. The number of nitrogen functional groups attached to an aromatic ring is 1. The first-order valence-corrected chi connectivity index (χ1v) is 17.4. The molecule has 0 bridgehead atoms. The van der Waals surface area contributed by atoms with Gasteiger partial charge in [0, 0.05) is 36.2 Å². The fourth-order valence-corrected chi connectivity index (χ4v) is 8.48. The molecule has 1 aromatic heterocycles. The van der Waals surface area contributed by atoms with Crippen molar-refractivity contribution < 1.29 is 53.7 Å². The fourth-order valence-electron chi connectivity index (χ4n) is 6.15. The van der Waals surface area contributed by atoms with Gasteiger partial charge in [0.25, 0.3) is 5.91 Å². The van der Waals surface area contributed by atoms with E-state index in [0.717, 1.165) is 37.3 Å². The maximum Gasteiger partial charge on any atom is 0.352 e. The molecule has 19 heteroatoms. The highest BCUT2D eigenvalue weighted by atomic mass is 35.5. The number of aromatic hydroxyl groups is 2. The molecule has 3 atom stereocenters. The number of benzene rings is 1. The number of nitrogens with one attached hydrogen (secondary N) is 1. The Morgan fingerprint density at radius 1 is 1.20 bits per heavy atom. The number of hydrogen-bond donors (Lipinski definition) is 6. The Bertz CT molecular complexity index is 1760. The van der Waals surface area contributed by atoms with E-state index in [0.29, 0.717) is 28.9 Å². The average Bonchev–Trinajstić information content (AvgIpc) is 3.65. The number of nitrogens with zero attached hydrogens (tertiary/aromatic N) is 4. The molecule has 2 unspecified atom stereocenters. The first-order chi connectivity index (χ1) is 23.2. The summed E-state index contributed by atoms with van der Waals surface area (Å²) in [6, 6.07) is 3.78. The number of carboxylic acids is 2. The highest BCUT2D eigenvalue weighted by Gasteiger charge is 2.55. The maximum atomic E-state index is 13.5. The Kier molecular flexibility index (Phi) is 10.7. The molecule has 2 saturated heterocycles. The number of carbonyl (C=O) groups is 5. The summed E-state index contributed by atoms with van der Waals surface area (Å²) in [4.78, 5) is 73.7. The number of β-lactam (4-membered cyclic amide) rings is 1. The number of thioether (sulfide) groups is 1. The summed E-state index contributed by atoms with van der Waals surface area (Å²) in [7, 11) is 0. The van der Waals surface area contributed by atoms with Crippen LogP contribution < -0.4 is 11.1 Å². The number of oxime groups is 1. The molecule has 0 saturated carbocycles. The van der Waals surface area contributed by atoms with Crippen LogP contribution in [0.4, 0.5) is 5.13 Å². The third-order valence-electron chi connectivity index (χ3n) is 8.66. The van der Waals surface area contributed by atoms with Crippen LogP contribution in [0.5, 0.6) is 11.5 Å². The second-order valence-corrected chi connectivity index (χ2v) is 14.7. The van der Waals surface area contributed by atoms with E-state index < -0.39 is 58.4 Å². The molecular formula is C30H34ClN6O10S2+. The van der Waals surface area contributed by atoms with E-state index in [4.69, 9.17) is 27.3 Å². The molecule has 16 nitrogen and oxygen atoms in total. The van der Waals surface area contributed by atoms with Crippen molar-refractivity contribution in [2.45, 2.75) is 37.7 Å². The van der Waals surface area contributed by atoms with Gasteiger partial charge in [0.2, 0.25) is 12.0 Å². The van der Waals surface area contributed by atoms with Gasteiger partial charge in [-0.05, 0) is 25.1 Å². The molecule has 49 heavy (non-hydrogen) atoms. The van der Waals surface area contributed by atoms with Gasteiger partial charge in [0.1, 0.15) is 22.3 Å². The standard InChI is InChI=1S/C30H33ClN6O10S2/c1-14(28(43)44)47-35-21(22-24(31)49-30(32)34-22)20(40)11-17-26(42)36-23(29(45)46)16(13-48-27(17)36)12-37(7-2-3-8-37)9-6-33-25(41)15-4-5-18(38)19(39)10-15/h4-5,10,14,17,27H,2-3,6-9,11-13H2,1H3,(H6-,32,33,34,35,38,39,40,41,43,44,45,46)/p+1/t14-,17?,27?/m0/s1. The van der Waals surface area contributed by atoms with Gasteiger partial charge < -0.3 is 40.8 Å². The predicted molar refractivity (Wildman–Crippen MR) is 178 cm³/mol. The van der Waals surface area contributed by atoms with E-state index >= 15 is 0 Å². The summed E-state index contributed by atoms with van der Waals surface area (Å²) in [5.74, 6) is -5.63. The van der Waals surface area contributed by atoms with Crippen LogP contribution in [-0.2, 0) is 24.0 Å². The van der Waals surface area contributed by atoms with E-state index in [-0.39, 0.29) is 45.1 Å². The molecular weight excluding hydrogens is 704 g/mol. The highest BCUT2D eigenvalue weighted by molar-refractivity contribution is 8.00. The predicted octanol–water partition coefficient (Wildman–Crippen LogP) is 1.85. The summed E-state index contributed by atoms with van der Waals surface area (Å²) in [6.07, 6.45) is 0.0305. The molecule has 1 aromatic carbocycles. The number of ketones is 1. The number of aliphatic carboxylic acids is 2. The van der Waals surface area contributed by atoms with Crippen LogP contribution in [0.15, 0.2) is 34.6 Å². The minimum atomic E-state index is -1.40. The van der Waals surface area contributed by atoms with E-state index in [1.54, 1.807) is 0 Å². The van der Waals surface area contributed by atoms with E-state index in [1.807, 2.05) is 0 Å². The molecule has 0 radical (unpaired) electrons. The minimum absolute atomic E-state index is 0.0173. The van der Waals surface area contributed by atoms with E-state index in [1.165, 1.54) is 41.8 Å². The molecule has 3 aliphatic rings. The number of thiazole rings is 1. The molecule has 262 valence electrons. The number of fused-ring (bicyclic) bond motifs is 1. The third-order valence-corrected chi connectivity index (χ3v) is 11.1. The first kappa shape index (κ1) is 35.9. The van der Waals surface area contributed by atoms with Crippen molar-refractivity contribution in [3.05, 3.63) is 45.1 Å². The number of phenols is 2. The zero-order chi connectivity index (χ0) is 35.6. The number of carboxylic acid groups (broad SMARTS) is 2. The van der Waals surface area contributed by atoms with Crippen molar-refractivity contribution >= 4 is 75.1 Å². The zero-order valence-corrected chi connectivity index (χ0v) is 28.5. The maximum absolute atomic E-state index is 13.5. The molecule has 0 aliphatic carbocycles. The lowest BCUT2D eigenvalue weighted by molar-refractivity contribution is -0.911. The van der Waals surface area contributed by atoms with Gasteiger partial charge >= 0.3 is 11.9 Å². The lowest BCUT2D eigenvalue weighted by atomic mass is 9.89. The molecule has 2 amide bonds. The smallest absolute Gasteiger partial charge is 0.352 e. The highest BCUT2D eigenvalue weighted by Crippen LogP contribution is 2.46. The molecule has 0 spiro atoms. The Hall–Kier alpha value is -4.39. The van der Waals surface area contributed by atoms with Crippen LogP contribution in [0.3, 0.4) is 0 Å². The van der Waals surface area contributed by atoms with Gasteiger partial charge in [-0.3, -0.25) is 19.3 Å². The summed E-state index contributed by atoms with van der Waals surface area (Å²) in [6.45, 7) is 3.83. The van der Waals surface area contributed by atoms with Gasteiger partial charge in [-0.25, -0.2) is 14.6 Å². The molecule has 4 heterocycles. The Balaban J connectivity index is 1.29. The summed E-state index contributed by atoms with van der Waals surface area (Å²) < 4.78 is 0.526. The van der Waals surface area contributed by atoms with Gasteiger partial charge in [-0.1, -0.05) is 28.1 Å². The van der Waals surface area contributed by atoms with Gasteiger partial charge in [-0.2, -0.15) is 0 Å². The Labute approximate surface area is 292 Å². The number of phenolic OH excluding ortho intramolecular Hbond substituents is 2. The summed E-state index contributed by atoms with van der Waals surface area (Å²) >= 11 is 8.42. The average molecular weight is 738 g/mol. The number of halogens is 1. The van der Waals surface area contributed by atoms with Crippen LogP contribution >= 0.6 is 34.7 Å². The van der Waals surface area contributed by atoms with Crippen LogP contribution in [0.1, 0.15) is 42.2 Å². The number of carbonyl (C=O) groups excluding carboxylic acids is 3. The number of quaternary nitrogens is 1. The summed E-state index contributed by atoms with van der Waals surface area (Å²) in [5, 5.41) is 44.6. The van der Waals surface area contributed by atoms with Crippen molar-refractivity contribution in [2.24, 2.45) is 11.1 Å². The van der Waals surface area contributed by atoms with E-state index in [9.17, 15) is 39.3 Å². The molecule has 7 N–H and O–H groups in total. The second-order valence-electron chi connectivity index (χ2n) is 11.9. The molecule has 3 aliphatic heterocycles. The normalized spacial score (nSPS) is 20.7. The quantitative estimate of drug-likeness (QED) is 0.0534. The largest absolute Gasteiger partial charge is 0.504 e. The minimum Gasteiger partial charge on any atom is -0.504 e. The van der Waals surface area contributed by atoms with Crippen molar-refractivity contribution in [1.82, 2.24) is 15.2 Å². The number of rotatable bonds is 14. The van der Waals surface area contributed by atoms with Crippen molar-refractivity contribution in [1.29, 1.82) is 0 Å². The van der Waals surface area contributed by atoms with Gasteiger partial charge in [-0.15, -0.1) is 11.8 Å². The van der Waals surface area contributed by atoms with Crippen LogP contribution in [0.25, 0.3) is 0 Å². The summed E-state index contributed by atoms with van der Waals surface area (Å²) in [5.41, 5.74) is 5.85. The van der Waals surface area contributed by atoms with E-state index in [2.05, 4.69) is 15.5 Å². The lowest BCUT2D eigenvalue weighted by Gasteiger charge is -2.50. The van der Waals surface area contributed by atoms with Crippen molar-refractivity contribution in [2.75, 3.05) is 44.2 Å². The fraction of sp³-hybridized carbons (Fsp3) is 0.433. The first-order valence-electron chi connectivity index (χ1n) is 15.2. The van der Waals surface area contributed by atoms with Crippen molar-refractivity contribution in [3.8, 4) is 11.5 Å². The van der Waals surface area contributed by atoms with Crippen LogP contribution in [-0.4, -0.2) is 120 Å². The topological polar surface area (TPSA) is 242 Å². The molecule has 5 rings (SSSR count). The molecule has 2 aromatic rings. The number of likely N-dealkylation sites (tertiary alicyclic amines) is 1. The number of aromatic nitrogens is 1. The van der Waals surface area contributed by atoms with Gasteiger partial charge in [0.15, 0.2) is 28.1 Å². The molecule has 2 fully saturated rings. The second kappa shape index (κ2) is 14.6. The van der Waals surface area contributed by atoms with Gasteiger partial charge in [0.05, 0.1) is 37.5 Å².